The van der Waals surface area contributed by atoms with Gasteiger partial charge in [0.05, 0.1) is 6.42 Å². The number of rotatable bonds is 4. The summed E-state index contributed by atoms with van der Waals surface area (Å²) in [5, 5.41) is 0.796. The van der Waals surface area contributed by atoms with E-state index in [0.29, 0.717) is 6.42 Å². The molecule has 22 heavy (non-hydrogen) atoms. The number of likely N-dealkylation sites (tertiary alicyclic amines) is 1. The Hall–Kier alpha value is -1.80. The molecule has 114 valence electrons. The van der Waals surface area contributed by atoms with E-state index < -0.39 is 0 Å². The normalized spacial score (nSPS) is 17.7. The van der Waals surface area contributed by atoms with Crippen molar-refractivity contribution in [3.63, 3.8) is 0 Å². The van der Waals surface area contributed by atoms with Gasteiger partial charge in [-0.1, -0.05) is 60.1 Å². The molecule has 2 aromatic carbocycles. The smallest absolute Gasteiger partial charge is 0.227 e. The van der Waals surface area contributed by atoms with Crippen LogP contribution in [0.1, 0.15) is 24.0 Å². The van der Waals surface area contributed by atoms with E-state index in [1.807, 2.05) is 53.4 Å². The fraction of sp³-hybridized carbons (Fsp3) is 0.316. The van der Waals surface area contributed by atoms with Crippen LogP contribution in [0.2, 0.25) is 5.02 Å². The van der Waals surface area contributed by atoms with Crippen molar-refractivity contribution < 1.29 is 4.79 Å². The molecule has 1 saturated heterocycles. The summed E-state index contributed by atoms with van der Waals surface area (Å²) in [6.07, 6.45) is 3.47. The second-order valence-electron chi connectivity index (χ2n) is 5.84. The molecular formula is C19H20ClNO. The molecule has 2 aromatic rings. The number of hydrogen-bond donors (Lipinski definition) is 0. The van der Waals surface area contributed by atoms with Gasteiger partial charge >= 0.3 is 0 Å². The van der Waals surface area contributed by atoms with Crippen molar-refractivity contribution in [1.82, 2.24) is 4.90 Å². The van der Waals surface area contributed by atoms with Crippen LogP contribution in [0.25, 0.3) is 0 Å². The Morgan fingerprint density at radius 3 is 2.59 bits per heavy atom. The van der Waals surface area contributed by atoms with Crippen LogP contribution in [-0.2, 0) is 17.6 Å². The first-order valence-electron chi connectivity index (χ1n) is 7.81. The van der Waals surface area contributed by atoms with Crippen molar-refractivity contribution >= 4 is 17.5 Å². The number of nitrogens with zero attached hydrogens (tertiary/aromatic N) is 1. The third kappa shape index (κ3) is 3.50. The molecule has 1 aliphatic rings. The van der Waals surface area contributed by atoms with Crippen LogP contribution in [0.4, 0.5) is 0 Å². The van der Waals surface area contributed by atoms with Crippen LogP contribution in [0, 0.1) is 0 Å². The van der Waals surface area contributed by atoms with E-state index in [1.165, 1.54) is 0 Å². The van der Waals surface area contributed by atoms with Crippen molar-refractivity contribution in [2.45, 2.75) is 31.7 Å². The van der Waals surface area contributed by atoms with Gasteiger partial charge in [0, 0.05) is 17.6 Å². The molecule has 0 radical (unpaired) electrons. The Morgan fingerprint density at radius 1 is 1.09 bits per heavy atom. The Labute approximate surface area is 136 Å². The van der Waals surface area contributed by atoms with E-state index in [2.05, 4.69) is 6.07 Å². The average Bonchev–Trinajstić information content (AvgIpc) is 2.99. The molecular weight excluding hydrogens is 294 g/mol. The molecule has 0 saturated carbocycles. The topological polar surface area (TPSA) is 20.3 Å². The van der Waals surface area contributed by atoms with Gasteiger partial charge in [-0.2, -0.15) is 0 Å². The number of halogens is 1. The number of amides is 1. The second-order valence-corrected chi connectivity index (χ2v) is 6.25. The third-order valence-electron chi connectivity index (χ3n) is 4.31. The van der Waals surface area contributed by atoms with Gasteiger partial charge in [-0.25, -0.2) is 0 Å². The molecule has 1 heterocycles. The maximum Gasteiger partial charge on any atom is 0.227 e. The van der Waals surface area contributed by atoms with Gasteiger partial charge in [0.15, 0.2) is 0 Å². The summed E-state index contributed by atoms with van der Waals surface area (Å²) in [5.41, 5.74) is 2.21. The minimum Gasteiger partial charge on any atom is -0.339 e. The van der Waals surface area contributed by atoms with Crippen LogP contribution in [-0.4, -0.2) is 23.4 Å². The summed E-state index contributed by atoms with van der Waals surface area (Å²) in [7, 11) is 0. The first-order valence-corrected chi connectivity index (χ1v) is 8.18. The molecule has 0 aromatic heterocycles. The van der Waals surface area contributed by atoms with Crippen molar-refractivity contribution in [1.29, 1.82) is 0 Å². The summed E-state index contributed by atoms with van der Waals surface area (Å²) in [4.78, 5) is 14.6. The van der Waals surface area contributed by atoms with Crippen LogP contribution >= 0.6 is 11.6 Å². The van der Waals surface area contributed by atoms with Crippen molar-refractivity contribution in [3.05, 3.63) is 70.7 Å². The third-order valence-corrected chi connectivity index (χ3v) is 4.68. The highest BCUT2D eigenvalue weighted by Gasteiger charge is 2.28. The lowest BCUT2D eigenvalue weighted by Crippen LogP contribution is -2.37. The molecule has 0 bridgehead atoms. The van der Waals surface area contributed by atoms with Gasteiger partial charge in [0.1, 0.15) is 0 Å². The van der Waals surface area contributed by atoms with Crippen molar-refractivity contribution in [2.75, 3.05) is 6.54 Å². The van der Waals surface area contributed by atoms with E-state index >= 15 is 0 Å². The first-order chi connectivity index (χ1) is 10.7. The molecule has 1 atom stereocenters. The van der Waals surface area contributed by atoms with E-state index in [-0.39, 0.29) is 11.9 Å². The molecule has 0 N–H and O–H groups in total. The van der Waals surface area contributed by atoms with Crippen LogP contribution in [0.5, 0.6) is 0 Å². The zero-order valence-corrected chi connectivity index (χ0v) is 13.3. The maximum atomic E-state index is 12.6. The second kappa shape index (κ2) is 6.97. The maximum absolute atomic E-state index is 12.6. The number of carbonyl (C=O) groups excluding carboxylic acids is 1. The summed E-state index contributed by atoms with van der Waals surface area (Å²) in [6.45, 7) is 0.862. The zero-order valence-electron chi connectivity index (χ0n) is 12.5. The van der Waals surface area contributed by atoms with Gasteiger partial charge in [0.25, 0.3) is 0 Å². The molecule has 3 rings (SSSR count). The Kier molecular flexibility index (Phi) is 4.79. The predicted octanol–water partition coefficient (Wildman–Crippen LogP) is 4.12. The predicted molar refractivity (Wildman–Crippen MR) is 90.0 cm³/mol. The Balaban J connectivity index is 1.68. The minimum atomic E-state index is 0.223. The highest BCUT2D eigenvalue weighted by Crippen LogP contribution is 2.25. The average molecular weight is 314 g/mol. The number of hydrogen-bond acceptors (Lipinski definition) is 1. The zero-order chi connectivity index (χ0) is 15.4. The van der Waals surface area contributed by atoms with Gasteiger partial charge < -0.3 is 4.90 Å². The molecule has 3 heteroatoms. The lowest BCUT2D eigenvalue weighted by Gasteiger charge is -2.25. The van der Waals surface area contributed by atoms with Crippen LogP contribution in [0.15, 0.2) is 54.6 Å². The van der Waals surface area contributed by atoms with Crippen LogP contribution < -0.4 is 0 Å². The molecule has 1 unspecified atom stereocenters. The molecule has 0 spiro atoms. The highest BCUT2D eigenvalue weighted by atomic mass is 35.5. The summed E-state index contributed by atoms with van der Waals surface area (Å²) < 4.78 is 0. The summed E-state index contributed by atoms with van der Waals surface area (Å²) in [5.74, 6) is 0.223. The molecule has 1 aliphatic heterocycles. The van der Waals surface area contributed by atoms with Crippen LogP contribution in [0.3, 0.4) is 0 Å². The van der Waals surface area contributed by atoms with Gasteiger partial charge in [-0.3, -0.25) is 4.79 Å². The summed E-state index contributed by atoms with van der Waals surface area (Å²) >= 11 is 6.26. The fourth-order valence-electron chi connectivity index (χ4n) is 3.17. The minimum absolute atomic E-state index is 0.223. The number of carbonyl (C=O) groups is 1. The van der Waals surface area contributed by atoms with E-state index in [4.69, 9.17) is 11.6 Å². The quantitative estimate of drug-likeness (QED) is 0.831. The summed E-state index contributed by atoms with van der Waals surface area (Å²) in [6, 6.07) is 18.2. The standard InChI is InChI=1S/C19H20ClNO/c20-18-11-5-4-9-16(18)14-17-10-6-12-21(17)19(22)13-15-7-2-1-3-8-15/h1-5,7-9,11,17H,6,10,12-14H2. The molecule has 0 aliphatic carbocycles. The monoisotopic (exact) mass is 313 g/mol. The lowest BCUT2D eigenvalue weighted by atomic mass is 10.0. The molecule has 2 nitrogen and oxygen atoms in total. The van der Waals surface area contributed by atoms with Crippen molar-refractivity contribution in [3.8, 4) is 0 Å². The first kappa shape index (κ1) is 15.1. The van der Waals surface area contributed by atoms with Crippen molar-refractivity contribution in [2.24, 2.45) is 0 Å². The Bertz CT molecular complexity index is 641. The van der Waals surface area contributed by atoms with E-state index in [1.54, 1.807) is 0 Å². The van der Waals surface area contributed by atoms with Gasteiger partial charge in [-0.05, 0) is 36.5 Å². The molecule has 1 fully saturated rings. The Morgan fingerprint density at radius 2 is 1.82 bits per heavy atom. The fourth-order valence-corrected chi connectivity index (χ4v) is 3.38. The van der Waals surface area contributed by atoms with E-state index in [0.717, 1.165) is 42.0 Å². The lowest BCUT2D eigenvalue weighted by molar-refractivity contribution is -0.131. The van der Waals surface area contributed by atoms with Gasteiger partial charge in [0.2, 0.25) is 5.91 Å². The van der Waals surface area contributed by atoms with E-state index in [9.17, 15) is 4.79 Å². The van der Waals surface area contributed by atoms with Gasteiger partial charge in [-0.15, -0.1) is 0 Å². The highest BCUT2D eigenvalue weighted by molar-refractivity contribution is 6.31. The molecule has 1 amide bonds. The number of benzene rings is 2. The SMILES string of the molecule is O=C(Cc1ccccc1)N1CCCC1Cc1ccccc1Cl. The largest absolute Gasteiger partial charge is 0.339 e.